The van der Waals surface area contributed by atoms with E-state index >= 15 is 0 Å². The Labute approximate surface area is 202 Å². The van der Waals surface area contributed by atoms with Crippen LogP contribution in [0.3, 0.4) is 0 Å². The Hall–Kier alpha value is -1.45. The van der Waals surface area contributed by atoms with Crippen molar-refractivity contribution >= 4 is 57.0 Å². The van der Waals surface area contributed by atoms with Crippen molar-refractivity contribution in [2.75, 3.05) is 11.9 Å². The lowest BCUT2D eigenvalue weighted by atomic mass is 9.72. The average molecular weight is 500 g/mol. The number of amides is 1. The van der Waals surface area contributed by atoms with Crippen LogP contribution < -0.4 is 10.1 Å². The summed E-state index contributed by atoms with van der Waals surface area (Å²) in [7, 11) is 0. The normalized spacial score (nSPS) is 15.9. The number of carbonyl (C=O) groups is 1. The molecule has 1 N–H and O–H groups in total. The lowest BCUT2D eigenvalue weighted by molar-refractivity contribution is -0.118. The fourth-order valence-electron chi connectivity index (χ4n) is 3.87. The molecule has 3 rings (SSSR count). The summed E-state index contributed by atoms with van der Waals surface area (Å²) in [6.45, 7) is 9.99. The number of thiophene rings is 1. The number of anilines is 1. The molecule has 4 nitrogen and oxygen atoms in total. The van der Waals surface area contributed by atoms with Crippen LogP contribution in [0.2, 0.25) is 15.1 Å². The number of carbonyl (C=O) groups excluding carboxylic acids is 1. The summed E-state index contributed by atoms with van der Waals surface area (Å²) in [6, 6.07) is 2.27. The first-order valence-electron chi connectivity index (χ1n) is 10.1. The van der Waals surface area contributed by atoms with Gasteiger partial charge in [-0.2, -0.15) is 5.26 Å². The van der Waals surface area contributed by atoms with E-state index in [1.165, 1.54) is 16.2 Å². The van der Waals surface area contributed by atoms with Crippen LogP contribution in [0.15, 0.2) is 0 Å². The molecule has 1 heterocycles. The molecule has 0 bridgehead atoms. The summed E-state index contributed by atoms with van der Waals surface area (Å²) in [5.41, 5.74) is 3.13. The molecule has 1 unspecified atom stereocenters. The molecule has 1 aromatic heterocycles. The standard InChI is InChI=1S/C23H25Cl3N2O2S/c1-11-18(24)12(2)20(26)21(19(11)25)30-10-17(29)28-22-15(9-27)14-7-6-13(23(3,4)5)8-16(14)31-22/h13H,6-8,10H2,1-5H3,(H,28,29). The van der Waals surface area contributed by atoms with E-state index in [0.717, 1.165) is 24.8 Å². The van der Waals surface area contributed by atoms with Crippen LogP contribution in [0.4, 0.5) is 5.00 Å². The summed E-state index contributed by atoms with van der Waals surface area (Å²) < 4.78 is 5.64. The molecule has 0 saturated carbocycles. The van der Waals surface area contributed by atoms with E-state index in [1.54, 1.807) is 13.8 Å². The van der Waals surface area contributed by atoms with Crippen LogP contribution in [0.5, 0.6) is 5.75 Å². The van der Waals surface area contributed by atoms with E-state index in [1.807, 2.05) is 0 Å². The van der Waals surface area contributed by atoms with Crippen molar-refractivity contribution < 1.29 is 9.53 Å². The number of ether oxygens (including phenoxy) is 1. The molecule has 166 valence electrons. The Balaban J connectivity index is 1.76. The van der Waals surface area contributed by atoms with Gasteiger partial charge in [0.05, 0.1) is 15.6 Å². The lowest BCUT2D eigenvalue weighted by Gasteiger charge is -2.33. The first kappa shape index (κ1) is 24.2. The minimum Gasteiger partial charge on any atom is -0.481 e. The van der Waals surface area contributed by atoms with Crippen LogP contribution in [0, 0.1) is 36.5 Å². The van der Waals surface area contributed by atoms with E-state index < -0.39 is 0 Å². The molecular formula is C23H25Cl3N2O2S. The molecule has 8 heteroatoms. The van der Waals surface area contributed by atoms with Gasteiger partial charge >= 0.3 is 0 Å². The Bertz CT molecular complexity index is 1050. The number of nitriles is 1. The number of halogens is 3. The average Bonchev–Trinajstić information content (AvgIpc) is 3.06. The number of nitrogens with zero attached hydrogens (tertiary/aromatic N) is 1. The zero-order valence-corrected chi connectivity index (χ0v) is 21.3. The predicted molar refractivity (Wildman–Crippen MR) is 129 cm³/mol. The predicted octanol–water partition coefficient (Wildman–Crippen LogP) is 7.37. The van der Waals surface area contributed by atoms with Gasteiger partial charge in [0.2, 0.25) is 0 Å². The zero-order valence-electron chi connectivity index (χ0n) is 18.2. The highest BCUT2D eigenvalue weighted by Crippen LogP contribution is 2.44. The van der Waals surface area contributed by atoms with E-state index in [4.69, 9.17) is 39.5 Å². The van der Waals surface area contributed by atoms with Gasteiger partial charge in [-0.3, -0.25) is 4.79 Å². The maximum Gasteiger partial charge on any atom is 0.262 e. The van der Waals surface area contributed by atoms with E-state index in [-0.39, 0.29) is 33.7 Å². The van der Waals surface area contributed by atoms with Gasteiger partial charge in [-0.25, -0.2) is 0 Å². The minimum absolute atomic E-state index is 0.207. The van der Waals surface area contributed by atoms with Gasteiger partial charge in [0.25, 0.3) is 5.91 Å². The van der Waals surface area contributed by atoms with E-state index in [9.17, 15) is 10.1 Å². The van der Waals surface area contributed by atoms with Crippen molar-refractivity contribution in [3.05, 3.63) is 42.2 Å². The maximum absolute atomic E-state index is 12.6. The van der Waals surface area contributed by atoms with Crippen molar-refractivity contribution in [1.82, 2.24) is 0 Å². The Kier molecular flexibility index (Phi) is 7.18. The van der Waals surface area contributed by atoms with Gasteiger partial charge in [-0.1, -0.05) is 55.6 Å². The summed E-state index contributed by atoms with van der Waals surface area (Å²) in [5.74, 6) is 0.412. The van der Waals surface area contributed by atoms with Crippen LogP contribution in [0.25, 0.3) is 0 Å². The number of hydrogen-bond donors (Lipinski definition) is 1. The number of nitrogens with one attached hydrogen (secondary N) is 1. The van der Waals surface area contributed by atoms with Crippen LogP contribution in [-0.2, 0) is 17.6 Å². The van der Waals surface area contributed by atoms with Gasteiger partial charge < -0.3 is 10.1 Å². The topological polar surface area (TPSA) is 62.1 Å². The Morgan fingerprint density at radius 1 is 1.19 bits per heavy atom. The molecule has 0 saturated heterocycles. The molecule has 0 spiro atoms. The molecule has 1 aliphatic rings. The molecule has 1 atom stereocenters. The van der Waals surface area contributed by atoms with Gasteiger partial charge in [0.1, 0.15) is 11.1 Å². The van der Waals surface area contributed by atoms with Crippen LogP contribution >= 0.6 is 46.1 Å². The molecule has 1 aromatic carbocycles. The molecule has 2 aromatic rings. The minimum atomic E-state index is -0.375. The van der Waals surface area contributed by atoms with Gasteiger partial charge in [-0.15, -0.1) is 11.3 Å². The first-order chi connectivity index (χ1) is 14.5. The van der Waals surface area contributed by atoms with E-state index in [0.29, 0.717) is 32.6 Å². The quantitative estimate of drug-likeness (QED) is 0.478. The fraction of sp³-hybridized carbons (Fsp3) is 0.478. The zero-order chi connectivity index (χ0) is 23.1. The van der Waals surface area contributed by atoms with Crippen molar-refractivity contribution in [1.29, 1.82) is 5.26 Å². The molecular weight excluding hydrogens is 475 g/mol. The summed E-state index contributed by atoms with van der Waals surface area (Å²) in [5, 5.41) is 14.2. The second-order valence-electron chi connectivity index (χ2n) is 8.98. The molecule has 0 fully saturated rings. The number of fused-ring (bicyclic) bond motifs is 1. The molecule has 31 heavy (non-hydrogen) atoms. The van der Waals surface area contributed by atoms with Crippen LogP contribution in [0.1, 0.15) is 54.3 Å². The lowest BCUT2D eigenvalue weighted by Crippen LogP contribution is -2.26. The molecule has 0 radical (unpaired) electrons. The smallest absolute Gasteiger partial charge is 0.262 e. The summed E-state index contributed by atoms with van der Waals surface area (Å²) in [4.78, 5) is 13.8. The molecule has 0 aliphatic heterocycles. The number of benzene rings is 1. The highest BCUT2D eigenvalue weighted by Gasteiger charge is 2.32. The monoisotopic (exact) mass is 498 g/mol. The van der Waals surface area contributed by atoms with Gasteiger partial charge in [0, 0.05) is 9.90 Å². The number of hydrogen-bond acceptors (Lipinski definition) is 4. The van der Waals surface area contributed by atoms with Gasteiger partial charge in [0.15, 0.2) is 12.4 Å². The largest absolute Gasteiger partial charge is 0.481 e. The van der Waals surface area contributed by atoms with Gasteiger partial charge in [-0.05, 0) is 61.1 Å². The highest BCUT2D eigenvalue weighted by molar-refractivity contribution is 7.16. The van der Waals surface area contributed by atoms with Crippen molar-refractivity contribution in [3.63, 3.8) is 0 Å². The second kappa shape index (κ2) is 9.19. The van der Waals surface area contributed by atoms with Crippen LogP contribution in [-0.4, -0.2) is 12.5 Å². The highest BCUT2D eigenvalue weighted by atomic mass is 35.5. The van der Waals surface area contributed by atoms with Crippen molar-refractivity contribution in [2.24, 2.45) is 11.3 Å². The van der Waals surface area contributed by atoms with Crippen molar-refractivity contribution in [3.8, 4) is 11.8 Å². The Morgan fingerprint density at radius 3 is 2.35 bits per heavy atom. The maximum atomic E-state index is 12.6. The SMILES string of the molecule is Cc1c(Cl)c(C)c(Cl)c(OCC(=O)Nc2sc3c(c2C#N)CCC(C(C)(C)C)C3)c1Cl. The third kappa shape index (κ3) is 4.83. The Morgan fingerprint density at radius 2 is 1.81 bits per heavy atom. The third-order valence-corrected chi connectivity index (χ3v) is 8.56. The number of rotatable bonds is 4. The molecule has 1 amide bonds. The second-order valence-corrected chi connectivity index (χ2v) is 11.2. The van der Waals surface area contributed by atoms with E-state index in [2.05, 4.69) is 32.2 Å². The van der Waals surface area contributed by atoms with Crippen molar-refractivity contribution in [2.45, 2.75) is 53.9 Å². The fourth-order valence-corrected chi connectivity index (χ4v) is 5.98. The third-order valence-electron chi connectivity index (χ3n) is 5.92. The summed E-state index contributed by atoms with van der Waals surface area (Å²) >= 11 is 20.3. The summed E-state index contributed by atoms with van der Waals surface area (Å²) in [6.07, 6.45) is 2.83. The molecule has 1 aliphatic carbocycles. The first-order valence-corrected chi connectivity index (χ1v) is 12.0.